The number of aliphatic carboxylic acids is 1. The van der Waals surface area contributed by atoms with E-state index in [9.17, 15) is 19.5 Å². The SMILES string of the molecule is CC/C=C\C/C=C\C/C=C\C/C=C\C/C=C\CCCCCCCC(=O)OC(COC(=O)CCCCCCCCCCCCCCCCCCCCCCCC/C=C\C/C=C\C/C=C\CCCCCCC)COC(OCC[N+](C)(C)C)C(=O)[O-]. The van der Waals surface area contributed by atoms with Crippen LogP contribution in [0.2, 0.25) is 0 Å². The Labute approximate surface area is 512 Å². The minimum atomic E-state index is -1.63. The monoisotopic (exact) mass is 1160 g/mol. The summed E-state index contributed by atoms with van der Waals surface area (Å²) >= 11 is 0. The Morgan fingerprint density at radius 2 is 0.687 bits per heavy atom. The van der Waals surface area contributed by atoms with Crippen LogP contribution in [0.4, 0.5) is 0 Å². The predicted octanol–water partition coefficient (Wildman–Crippen LogP) is 19.9. The predicted molar refractivity (Wildman–Crippen MR) is 352 cm³/mol. The highest BCUT2D eigenvalue weighted by atomic mass is 16.7. The fourth-order valence-electron chi connectivity index (χ4n) is 9.57. The quantitative estimate of drug-likeness (QED) is 0.0195. The van der Waals surface area contributed by atoms with Crippen LogP contribution in [0, 0.1) is 0 Å². The molecule has 2 atom stereocenters. The van der Waals surface area contributed by atoms with Gasteiger partial charge in [0.1, 0.15) is 13.2 Å². The average molecular weight is 1160 g/mol. The van der Waals surface area contributed by atoms with Crippen LogP contribution in [-0.2, 0) is 33.3 Å². The maximum absolute atomic E-state index is 12.9. The standard InChI is InChI=1S/C74H129NO8/c1-6-8-10-12-14-16-18-20-22-24-26-28-29-30-31-32-33-34-35-36-37-38-39-40-41-42-43-45-46-48-50-52-54-56-58-60-62-64-71(76)81-68-70(69-82-74(73(78)79)80-67-66-75(3,4)5)83-72(77)65-63-61-59-57-55-53-51-49-47-44-27-25-23-21-19-17-15-13-11-9-7-2/h9,11,15,17-18,20-21,23-24,26-27,29-30,44,49,51,70,74H,6-8,10,12-14,16,19,22,25,28,31-43,45-48,50,52-69H2,1-5H3/b11-9-,17-15-,20-18-,23-21-,26-24-,30-29-,44-27-,51-49-. The molecule has 478 valence electrons. The second-order valence-electron chi connectivity index (χ2n) is 24.1. The first-order valence-electron chi connectivity index (χ1n) is 34.4. The molecular weight excluding hydrogens is 1030 g/mol. The Hall–Kier alpha value is -3.79. The van der Waals surface area contributed by atoms with Crippen molar-refractivity contribution in [1.82, 2.24) is 0 Å². The van der Waals surface area contributed by atoms with E-state index in [1.165, 1.54) is 167 Å². The van der Waals surface area contributed by atoms with Crippen LogP contribution in [-0.4, -0.2) is 82.3 Å². The Balaban J connectivity index is 4.06. The molecule has 0 radical (unpaired) electrons. The highest BCUT2D eigenvalue weighted by Crippen LogP contribution is 2.17. The van der Waals surface area contributed by atoms with Gasteiger partial charge in [-0.3, -0.25) is 9.59 Å². The molecule has 0 fully saturated rings. The van der Waals surface area contributed by atoms with Gasteiger partial charge in [0.2, 0.25) is 0 Å². The van der Waals surface area contributed by atoms with Crippen molar-refractivity contribution < 1.29 is 42.9 Å². The third kappa shape index (κ3) is 65.6. The first-order chi connectivity index (χ1) is 40.6. The highest BCUT2D eigenvalue weighted by molar-refractivity contribution is 5.70. The summed E-state index contributed by atoms with van der Waals surface area (Å²) in [6, 6.07) is 0. The summed E-state index contributed by atoms with van der Waals surface area (Å²) in [6.45, 7) is 4.62. The van der Waals surface area contributed by atoms with E-state index in [-0.39, 0.29) is 38.6 Å². The molecule has 0 aliphatic heterocycles. The lowest BCUT2D eigenvalue weighted by Gasteiger charge is -2.26. The van der Waals surface area contributed by atoms with E-state index in [0.29, 0.717) is 17.4 Å². The molecule has 0 bridgehead atoms. The molecule has 83 heavy (non-hydrogen) atoms. The van der Waals surface area contributed by atoms with Crippen LogP contribution in [0.5, 0.6) is 0 Å². The minimum absolute atomic E-state index is 0.140. The molecule has 0 heterocycles. The summed E-state index contributed by atoms with van der Waals surface area (Å²) in [5.41, 5.74) is 0. The lowest BCUT2D eigenvalue weighted by atomic mass is 10.0. The number of allylic oxidation sites excluding steroid dienone is 16. The number of unbranched alkanes of at least 4 members (excludes halogenated alkanes) is 32. The van der Waals surface area contributed by atoms with E-state index in [2.05, 4.69) is 111 Å². The van der Waals surface area contributed by atoms with Crippen LogP contribution < -0.4 is 5.11 Å². The lowest BCUT2D eigenvalue weighted by molar-refractivity contribution is -0.870. The van der Waals surface area contributed by atoms with Crippen molar-refractivity contribution in [2.75, 3.05) is 47.5 Å². The number of hydrogen-bond donors (Lipinski definition) is 0. The number of rotatable bonds is 63. The van der Waals surface area contributed by atoms with Gasteiger partial charge in [-0.15, -0.1) is 0 Å². The molecule has 0 rings (SSSR count). The Kier molecular flexibility index (Phi) is 61.3. The second-order valence-corrected chi connectivity index (χ2v) is 24.1. The first kappa shape index (κ1) is 79.2. The summed E-state index contributed by atoms with van der Waals surface area (Å²) in [5.74, 6) is -2.30. The fourth-order valence-corrected chi connectivity index (χ4v) is 9.57. The first-order valence-corrected chi connectivity index (χ1v) is 34.4. The summed E-state index contributed by atoms with van der Waals surface area (Å²) < 4.78 is 22.7. The molecule has 0 saturated heterocycles. The largest absolute Gasteiger partial charge is 0.545 e. The molecular formula is C74H129NO8. The van der Waals surface area contributed by atoms with Gasteiger partial charge in [0, 0.05) is 12.8 Å². The molecule has 0 aliphatic carbocycles. The zero-order chi connectivity index (χ0) is 60.5. The van der Waals surface area contributed by atoms with Gasteiger partial charge in [0.05, 0.1) is 40.3 Å². The number of nitrogens with zero attached hydrogens (tertiary/aromatic N) is 1. The molecule has 0 aromatic carbocycles. The van der Waals surface area contributed by atoms with Gasteiger partial charge in [0.15, 0.2) is 12.4 Å². The molecule has 2 unspecified atom stereocenters. The molecule has 0 N–H and O–H groups in total. The van der Waals surface area contributed by atoms with Crippen molar-refractivity contribution >= 4 is 17.9 Å². The molecule has 0 amide bonds. The number of esters is 2. The normalized spacial score (nSPS) is 13.3. The van der Waals surface area contributed by atoms with Crippen LogP contribution in [0.1, 0.15) is 296 Å². The van der Waals surface area contributed by atoms with E-state index < -0.39 is 24.3 Å². The molecule has 0 saturated carbocycles. The fraction of sp³-hybridized carbons (Fsp3) is 0.743. The molecule has 9 heteroatoms. The van der Waals surface area contributed by atoms with E-state index >= 15 is 0 Å². The number of ether oxygens (including phenoxy) is 4. The van der Waals surface area contributed by atoms with Gasteiger partial charge in [-0.2, -0.15) is 0 Å². The maximum atomic E-state index is 12.9. The van der Waals surface area contributed by atoms with Crippen LogP contribution in [0.3, 0.4) is 0 Å². The Morgan fingerprint density at radius 1 is 0.373 bits per heavy atom. The van der Waals surface area contributed by atoms with Crippen molar-refractivity contribution in [3.8, 4) is 0 Å². The number of carboxylic acids is 1. The molecule has 0 spiro atoms. The van der Waals surface area contributed by atoms with Gasteiger partial charge in [-0.25, -0.2) is 0 Å². The number of carbonyl (C=O) groups excluding carboxylic acids is 3. The van der Waals surface area contributed by atoms with Gasteiger partial charge < -0.3 is 33.3 Å². The van der Waals surface area contributed by atoms with E-state index in [4.69, 9.17) is 18.9 Å². The van der Waals surface area contributed by atoms with E-state index in [1.807, 2.05) is 21.1 Å². The molecule has 0 aromatic heterocycles. The van der Waals surface area contributed by atoms with Gasteiger partial charge in [-0.05, 0) is 96.3 Å². The number of carboxylic acid groups (broad SMARTS) is 1. The van der Waals surface area contributed by atoms with Crippen LogP contribution >= 0.6 is 0 Å². The molecule has 9 nitrogen and oxygen atoms in total. The second kappa shape index (κ2) is 64.2. The third-order valence-corrected chi connectivity index (χ3v) is 14.8. The highest BCUT2D eigenvalue weighted by Gasteiger charge is 2.22. The summed E-state index contributed by atoms with van der Waals surface area (Å²) in [7, 11) is 5.92. The lowest BCUT2D eigenvalue weighted by Crippen LogP contribution is -2.44. The summed E-state index contributed by atoms with van der Waals surface area (Å²) in [5, 5.41) is 11.8. The van der Waals surface area contributed by atoms with Crippen molar-refractivity contribution in [2.45, 2.75) is 309 Å². The Bertz CT molecular complexity index is 1680. The number of likely N-dealkylation sites (N-methyl/N-ethyl adjacent to an activating group) is 1. The Morgan fingerprint density at radius 3 is 1.02 bits per heavy atom. The van der Waals surface area contributed by atoms with Crippen LogP contribution in [0.15, 0.2) is 97.2 Å². The van der Waals surface area contributed by atoms with Crippen LogP contribution in [0.25, 0.3) is 0 Å². The molecule has 0 aromatic rings. The van der Waals surface area contributed by atoms with Gasteiger partial charge in [0.25, 0.3) is 0 Å². The summed E-state index contributed by atoms with van der Waals surface area (Å²) in [4.78, 5) is 37.4. The van der Waals surface area contributed by atoms with Crippen molar-refractivity contribution in [3.05, 3.63) is 97.2 Å². The number of carbonyl (C=O) groups is 3. The van der Waals surface area contributed by atoms with Gasteiger partial charge in [-0.1, -0.05) is 284 Å². The third-order valence-electron chi connectivity index (χ3n) is 14.8. The minimum Gasteiger partial charge on any atom is -0.545 e. The van der Waals surface area contributed by atoms with Crippen molar-refractivity contribution in [2.24, 2.45) is 0 Å². The molecule has 0 aliphatic rings. The van der Waals surface area contributed by atoms with Crippen molar-refractivity contribution in [3.63, 3.8) is 0 Å². The maximum Gasteiger partial charge on any atom is 0.306 e. The van der Waals surface area contributed by atoms with E-state index in [1.54, 1.807) is 0 Å². The smallest absolute Gasteiger partial charge is 0.306 e. The average Bonchev–Trinajstić information content (AvgIpc) is 3.46. The number of quaternary nitrogens is 1. The van der Waals surface area contributed by atoms with Gasteiger partial charge >= 0.3 is 11.9 Å². The van der Waals surface area contributed by atoms with Crippen molar-refractivity contribution in [1.29, 1.82) is 0 Å². The van der Waals surface area contributed by atoms with E-state index in [0.717, 1.165) is 96.3 Å². The number of hydrogen-bond acceptors (Lipinski definition) is 8. The zero-order valence-electron chi connectivity index (χ0n) is 54.5. The zero-order valence-corrected chi connectivity index (χ0v) is 54.5. The summed E-state index contributed by atoms with van der Waals surface area (Å²) in [6.07, 6.45) is 85.0. The topological polar surface area (TPSA) is 111 Å².